The Bertz CT molecular complexity index is 1490. The van der Waals surface area contributed by atoms with E-state index >= 15 is 0 Å². The summed E-state index contributed by atoms with van der Waals surface area (Å²) in [4.78, 5) is 37.9. The largest absolute Gasteiger partial charge is 0.481 e. The number of carboxylic acid groups (broad SMARTS) is 1. The Balaban J connectivity index is 1.17. The fourth-order valence-corrected chi connectivity index (χ4v) is 6.16. The van der Waals surface area contributed by atoms with E-state index < -0.39 is 11.4 Å². The van der Waals surface area contributed by atoms with Crippen LogP contribution in [0.1, 0.15) is 66.7 Å². The minimum Gasteiger partial charge on any atom is -0.481 e. The third kappa shape index (κ3) is 6.08. The van der Waals surface area contributed by atoms with Gasteiger partial charge in [0.1, 0.15) is 0 Å². The molecule has 0 radical (unpaired) electrons. The van der Waals surface area contributed by atoms with Crippen LogP contribution in [0.25, 0.3) is 0 Å². The molecule has 3 aliphatic rings. The van der Waals surface area contributed by atoms with Gasteiger partial charge in [-0.1, -0.05) is 67.4 Å². The van der Waals surface area contributed by atoms with Crippen molar-refractivity contribution in [1.82, 2.24) is 5.01 Å². The number of carbonyl (C=O) groups excluding carboxylic acids is 2. The molecule has 216 valence electrons. The molecule has 6 rings (SSSR count). The predicted octanol–water partition coefficient (Wildman–Crippen LogP) is 5.73. The van der Waals surface area contributed by atoms with Gasteiger partial charge in [-0.25, -0.2) is 5.01 Å². The second kappa shape index (κ2) is 11.8. The molecule has 2 amide bonds. The fourth-order valence-electron chi connectivity index (χ4n) is 6.16. The Hall–Kier alpha value is -4.46. The number of nitrogens with zero attached hydrogens (tertiary/aromatic N) is 2. The van der Waals surface area contributed by atoms with E-state index in [1.165, 1.54) is 5.01 Å². The van der Waals surface area contributed by atoms with Crippen LogP contribution in [-0.2, 0) is 32.1 Å². The lowest BCUT2D eigenvalue weighted by Crippen LogP contribution is -2.36. The summed E-state index contributed by atoms with van der Waals surface area (Å²) in [6.45, 7) is 0.248. The predicted molar refractivity (Wildman–Crippen MR) is 159 cm³/mol. The standard InChI is InChI=1S/C34H35N3O5/c38-29-22-42-32(27-10-2-1-3-11-27)36-37(29)21-23-13-15-26(16-14-23)30(25-8-4-5-9-25)31(39)35-28-12-6-7-24(19-28)20-34(17-18-34)33(40)41/h1-3,6-7,10-16,19,25,30H,4-5,8-9,17-18,20-22H2,(H,35,39)(H,40,41)/t30-/m0/s1. The number of hydrogen-bond donors (Lipinski definition) is 2. The molecular weight excluding hydrogens is 530 g/mol. The van der Waals surface area contributed by atoms with Gasteiger partial charge >= 0.3 is 5.97 Å². The Morgan fingerprint density at radius 3 is 2.40 bits per heavy atom. The number of amides is 2. The third-order valence-electron chi connectivity index (χ3n) is 8.72. The molecule has 0 unspecified atom stereocenters. The van der Waals surface area contributed by atoms with E-state index in [0.717, 1.165) is 47.9 Å². The van der Waals surface area contributed by atoms with Crippen LogP contribution < -0.4 is 5.32 Å². The monoisotopic (exact) mass is 565 g/mol. The number of hydrogen-bond acceptors (Lipinski definition) is 5. The van der Waals surface area contributed by atoms with Gasteiger partial charge in [0.15, 0.2) is 6.61 Å². The average Bonchev–Trinajstić information content (AvgIpc) is 3.59. The van der Waals surface area contributed by atoms with Gasteiger partial charge in [0.05, 0.1) is 17.9 Å². The third-order valence-corrected chi connectivity index (χ3v) is 8.72. The highest BCUT2D eigenvalue weighted by Crippen LogP contribution is 2.48. The van der Waals surface area contributed by atoms with Crippen LogP contribution in [0.3, 0.4) is 0 Å². The van der Waals surface area contributed by atoms with Crippen molar-refractivity contribution in [2.75, 3.05) is 11.9 Å². The zero-order valence-electron chi connectivity index (χ0n) is 23.5. The molecule has 0 bridgehead atoms. The van der Waals surface area contributed by atoms with Crippen molar-refractivity contribution in [3.05, 3.63) is 101 Å². The molecule has 0 saturated heterocycles. The van der Waals surface area contributed by atoms with Crippen molar-refractivity contribution in [3.8, 4) is 0 Å². The van der Waals surface area contributed by atoms with E-state index in [9.17, 15) is 19.5 Å². The highest BCUT2D eigenvalue weighted by atomic mass is 16.5. The SMILES string of the molecule is O=C(Nc1cccc(CC2(C(=O)O)CC2)c1)[C@H](c1ccc(CN2N=C(c3ccccc3)OCC2=O)cc1)C1CCCC1. The minimum absolute atomic E-state index is 0.0494. The first kappa shape index (κ1) is 27.7. The van der Waals surface area contributed by atoms with Crippen LogP contribution in [0, 0.1) is 11.3 Å². The summed E-state index contributed by atoms with van der Waals surface area (Å²) in [5.41, 5.74) is 3.63. The Kier molecular flexibility index (Phi) is 7.78. The zero-order valence-corrected chi connectivity index (χ0v) is 23.5. The summed E-state index contributed by atoms with van der Waals surface area (Å²) in [5.74, 6) is -0.634. The second-order valence-electron chi connectivity index (χ2n) is 11.7. The second-order valence-corrected chi connectivity index (χ2v) is 11.7. The number of rotatable bonds is 10. The number of carbonyl (C=O) groups is 3. The van der Waals surface area contributed by atoms with Crippen molar-refractivity contribution in [2.45, 2.75) is 57.4 Å². The molecule has 1 atom stereocenters. The van der Waals surface area contributed by atoms with Gasteiger partial charge < -0.3 is 15.2 Å². The van der Waals surface area contributed by atoms with Crippen LogP contribution in [0.5, 0.6) is 0 Å². The van der Waals surface area contributed by atoms with Crippen molar-refractivity contribution >= 4 is 29.4 Å². The average molecular weight is 566 g/mol. The number of carboxylic acids is 1. The van der Waals surface area contributed by atoms with Crippen LogP contribution in [-0.4, -0.2) is 40.4 Å². The number of ether oxygens (including phenoxy) is 1. The van der Waals surface area contributed by atoms with Gasteiger partial charge in [-0.3, -0.25) is 14.4 Å². The summed E-state index contributed by atoms with van der Waals surface area (Å²) in [6, 6.07) is 25.0. The number of hydrazone groups is 1. The van der Waals surface area contributed by atoms with Crippen molar-refractivity contribution in [3.63, 3.8) is 0 Å². The van der Waals surface area contributed by atoms with Crippen LogP contribution in [0.2, 0.25) is 0 Å². The molecule has 42 heavy (non-hydrogen) atoms. The normalized spacial score (nSPS) is 18.6. The maximum atomic E-state index is 13.7. The Morgan fingerprint density at radius 2 is 1.71 bits per heavy atom. The fraction of sp³-hybridized carbons (Fsp3) is 0.353. The van der Waals surface area contributed by atoms with Crippen LogP contribution in [0.4, 0.5) is 5.69 Å². The molecule has 8 heteroatoms. The number of anilines is 1. The quantitative estimate of drug-likeness (QED) is 0.327. The first-order chi connectivity index (χ1) is 20.4. The highest BCUT2D eigenvalue weighted by Gasteiger charge is 2.50. The molecule has 1 heterocycles. The van der Waals surface area contributed by atoms with Gasteiger partial charge in [-0.2, -0.15) is 0 Å². The lowest BCUT2D eigenvalue weighted by molar-refractivity contribution is -0.143. The maximum Gasteiger partial charge on any atom is 0.309 e. The number of aliphatic carboxylic acids is 1. The zero-order chi connectivity index (χ0) is 29.1. The molecular formula is C34H35N3O5. The van der Waals surface area contributed by atoms with E-state index in [1.807, 2.05) is 78.9 Å². The van der Waals surface area contributed by atoms with E-state index in [0.29, 0.717) is 37.4 Å². The molecule has 2 N–H and O–H groups in total. The van der Waals surface area contributed by atoms with E-state index in [4.69, 9.17) is 4.74 Å². The maximum absolute atomic E-state index is 13.7. The summed E-state index contributed by atoms with van der Waals surface area (Å²) in [7, 11) is 0. The van der Waals surface area contributed by atoms with E-state index in [-0.39, 0.29) is 30.3 Å². The molecule has 2 aliphatic carbocycles. The van der Waals surface area contributed by atoms with Gasteiger partial charge in [0.25, 0.3) is 5.91 Å². The van der Waals surface area contributed by atoms with Gasteiger partial charge in [0.2, 0.25) is 11.8 Å². The molecule has 8 nitrogen and oxygen atoms in total. The van der Waals surface area contributed by atoms with Crippen molar-refractivity contribution in [1.29, 1.82) is 0 Å². The number of benzene rings is 3. The highest BCUT2D eigenvalue weighted by molar-refractivity contribution is 5.98. The van der Waals surface area contributed by atoms with Gasteiger partial charge in [-0.05, 0) is 79.0 Å². The minimum atomic E-state index is -0.747. The van der Waals surface area contributed by atoms with E-state index in [1.54, 1.807) is 0 Å². The molecule has 3 aromatic rings. The lowest BCUT2D eigenvalue weighted by atomic mass is 9.83. The summed E-state index contributed by atoms with van der Waals surface area (Å²) < 4.78 is 5.56. The summed E-state index contributed by atoms with van der Waals surface area (Å²) in [5, 5.41) is 18.6. The van der Waals surface area contributed by atoms with Crippen LogP contribution >= 0.6 is 0 Å². The molecule has 2 fully saturated rings. The van der Waals surface area contributed by atoms with E-state index in [2.05, 4.69) is 10.4 Å². The molecule has 0 aromatic heterocycles. The molecule has 0 spiro atoms. The first-order valence-corrected chi connectivity index (χ1v) is 14.7. The molecule has 1 aliphatic heterocycles. The van der Waals surface area contributed by atoms with Gasteiger partial charge in [-0.15, -0.1) is 5.10 Å². The number of nitrogens with one attached hydrogen (secondary N) is 1. The summed E-state index contributed by atoms with van der Waals surface area (Å²) >= 11 is 0. The van der Waals surface area contributed by atoms with Crippen molar-refractivity contribution < 1.29 is 24.2 Å². The topological polar surface area (TPSA) is 108 Å². The Labute approximate surface area is 245 Å². The Morgan fingerprint density at radius 1 is 0.976 bits per heavy atom. The first-order valence-electron chi connectivity index (χ1n) is 14.7. The summed E-state index contributed by atoms with van der Waals surface area (Å²) in [6.07, 6.45) is 6.08. The van der Waals surface area contributed by atoms with Crippen molar-refractivity contribution in [2.24, 2.45) is 16.4 Å². The van der Waals surface area contributed by atoms with Gasteiger partial charge in [0, 0.05) is 11.3 Å². The lowest BCUT2D eigenvalue weighted by Gasteiger charge is -2.25. The molecule has 3 aromatic carbocycles. The smallest absolute Gasteiger partial charge is 0.309 e. The van der Waals surface area contributed by atoms with Crippen LogP contribution in [0.15, 0.2) is 84.0 Å². The molecule has 2 saturated carbocycles.